The van der Waals surface area contributed by atoms with Crippen LogP contribution in [0.15, 0.2) is 96.6 Å². The van der Waals surface area contributed by atoms with Crippen molar-refractivity contribution in [3.8, 4) is 23.0 Å². The summed E-state index contributed by atoms with van der Waals surface area (Å²) in [6.07, 6.45) is 0. The molecule has 1 atom stereocenters. The van der Waals surface area contributed by atoms with Crippen molar-refractivity contribution in [3.63, 3.8) is 0 Å². The van der Waals surface area contributed by atoms with E-state index in [1.54, 1.807) is 42.5 Å². The molecule has 0 radical (unpaired) electrons. The molecule has 0 saturated carbocycles. The van der Waals surface area contributed by atoms with Crippen molar-refractivity contribution < 1.29 is 28.9 Å². The van der Waals surface area contributed by atoms with E-state index in [1.807, 2.05) is 55.5 Å². The van der Waals surface area contributed by atoms with E-state index in [0.717, 1.165) is 10.3 Å². The second kappa shape index (κ2) is 10.4. The Balaban J connectivity index is 1.39. The van der Waals surface area contributed by atoms with E-state index in [-0.39, 0.29) is 11.3 Å². The number of benzene rings is 4. The largest absolute Gasteiger partial charge is 0.507 e. The first-order valence-corrected chi connectivity index (χ1v) is 14.2. The van der Waals surface area contributed by atoms with Gasteiger partial charge in [0.15, 0.2) is 16.6 Å². The fourth-order valence-electron chi connectivity index (χ4n) is 5.19. The predicted octanol–water partition coefficient (Wildman–Crippen LogP) is 6.79. The van der Waals surface area contributed by atoms with E-state index in [1.165, 1.54) is 16.2 Å². The second-order valence-corrected chi connectivity index (χ2v) is 11.0. The Morgan fingerprint density at radius 1 is 0.905 bits per heavy atom. The van der Waals surface area contributed by atoms with Crippen molar-refractivity contribution >= 4 is 44.1 Å². The van der Waals surface area contributed by atoms with Crippen LogP contribution in [0.4, 0.5) is 5.13 Å². The molecule has 0 bridgehead atoms. The standard InChI is InChI=1S/C33H24N2O6S/c1-19-10-12-24-27(16-19)42-33(34-24)35-29(20-6-5-9-23(17-20)41-22-7-3-2-4-8-22)28(31(37)32(35)38)30(36)21-11-13-25-26(18-21)40-15-14-39-25/h2-13,16-18,29,36H,14-15H2,1H3. The second-order valence-electron chi connectivity index (χ2n) is 9.98. The van der Waals surface area contributed by atoms with Crippen LogP contribution in [0.3, 0.4) is 0 Å². The number of aliphatic hydroxyl groups excluding tert-OH is 1. The molecule has 9 heteroatoms. The van der Waals surface area contributed by atoms with Gasteiger partial charge in [-0.1, -0.05) is 47.7 Å². The lowest BCUT2D eigenvalue weighted by Crippen LogP contribution is -2.29. The average Bonchev–Trinajstić information content (AvgIpc) is 3.54. The number of aliphatic hydroxyl groups is 1. The van der Waals surface area contributed by atoms with Gasteiger partial charge in [-0.15, -0.1) is 0 Å². The zero-order valence-corrected chi connectivity index (χ0v) is 23.3. The summed E-state index contributed by atoms with van der Waals surface area (Å²) in [7, 11) is 0. The highest BCUT2D eigenvalue weighted by molar-refractivity contribution is 7.22. The lowest BCUT2D eigenvalue weighted by Gasteiger charge is -2.23. The molecule has 208 valence electrons. The van der Waals surface area contributed by atoms with Crippen molar-refractivity contribution in [1.82, 2.24) is 4.98 Å². The number of carbonyl (C=O) groups is 2. The van der Waals surface area contributed by atoms with Gasteiger partial charge in [0.1, 0.15) is 30.5 Å². The molecule has 0 aliphatic carbocycles. The molecule has 42 heavy (non-hydrogen) atoms. The maximum Gasteiger partial charge on any atom is 0.301 e. The van der Waals surface area contributed by atoms with Crippen LogP contribution in [0.5, 0.6) is 23.0 Å². The minimum absolute atomic E-state index is 0.0519. The third-order valence-electron chi connectivity index (χ3n) is 7.15. The monoisotopic (exact) mass is 576 g/mol. The van der Waals surface area contributed by atoms with E-state index < -0.39 is 17.7 Å². The molecule has 2 aliphatic rings. The number of Topliss-reactive ketones (excluding diaryl/α,β-unsaturated/α-hetero) is 1. The number of aryl methyl sites for hydroxylation is 1. The van der Waals surface area contributed by atoms with E-state index >= 15 is 0 Å². The number of aromatic nitrogens is 1. The van der Waals surface area contributed by atoms with Crippen molar-refractivity contribution in [3.05, 3.63) is 113 Å². The number of nitrogens with zero attached hydrogens (tertiary/aromatic N) is 2. The van der Waals surface area contributed by atoms with Gasteiger partial charge in [0.25, 0.3) is 5.78 Å². The highest BCUT2D eigenvalue weighted by Crippen LogP contribution is 2.46. The summed E-state index contributed by atoms with van der Waals surface area (Å²) in [4.78, 5) is 33.5. The summed E-state index contributed by atoms with van der Waals surface area (Å²) in [5.41, 5.74) is 2.63. The van der Waals surface area contributed by atoms with Crippen LogP contribution in [0.1, 0.15) is 22.7 Å². The zero-order valence-electron chi connectivity index (χ0n) is 22.4. The van der Waals surface area contributed by atoms with Gasteiger partial charge in [0.05, 0.1) is 21.8 Å². The maximum absolute atomic E-state index is 13.7. The molecular weight excluding hydrogens is 552 g/mol. The minimum Gasteiger partial charge on any atom is -0.507 e. The van der Waals surface area contributed by atoms with Crippen LogP contribution in [0, 0.1) is 6.92 Å². The van der Waals surface area contributed by atoms with Crippen LogP contribution in [0.25, 0.3) is 16.0 Å². The summed E-state index contributed by atoms with van der Waals surface area (Å²) in [5, 5.41) is 12.0. The van der Waals surface area contributed by atoms with Gasteiger partial charge < -0.3 is 19.3 Å². The summed E-state index contributed by atoms with van der Waals surface area (Å²) >= 11 is 1.32. The fourth-order valence-corrected chi connectivity index (χ4v) is 6.28. The van der Waals surface area contributed by atoms with Gasteiger partial charge in [-0.3, -0.25) is 14.5 Å². The van der Waals surface area contributed by atoms with Crippen LogP contribution in [-0.4, -0.2) is 35.0 Å². The Bertz CT molecular complexity index is 1900. The summed E-state index contributed by atoms with van der Waals surface area (Å²) in [6.45, 7) is 2.77. The van der Waals surface area contributed by atoms with E-state index in [4.69, 9.17) is 19.2 Å². The van der Waals surface area contributed by atoms with Crippen LogP contribution >= 0.6 is 11.3 Å². The van der Waals surface area contributed by atoms with Gasteiger partial charge in [-0.2, -0.15) is 0 Å². The molecule has 0 spiro atoms. The summed E-state index contributed by atoms with van der Waals surface area (Å²) < 4.78 is 18.3. The number of carbonyl (C=O) groups excluding carboxylic acids is 2. The summed E-state index contributed by atoms with van der Waals surface area (Å²) in [5.74, 6) is 0.261. The molecule has 7 rings (SSSR count). The number of para-hydroxylation sites is 1. The van der Waals surface area contributed by atoms with Gasteiger partial charge >= 0.3 is 5.91 Å². The summed E-state index contributed by atoms with van der Waals surface area (Å²) in [6, 6.07) is 26.3. The van der Waals surface area contributed by atoms with Crippen LogP contribution in [-0.2, 0) is 9.59 Å². The Hall–Kier alpha value is -5.15. The number of rotatable bonds is 5. The molecular formula is C33H24N2O6S. The highest BCUT2D eigenvalue weighted by Gasteiger charge is 2.48. The molecule has 1 aromatic heterocycles. The van der Waals surface area contributed by atoms with Gasteiger partial charge in [-0.25, -0.2) is 4.98 Å². The van der Waals surface area contributed by atoms with Crippen molar-refractivity contribution in [2.45, 2.75) is 13.0 Å². The molecule has 1 saturated heterocycles. The predicted molar refractivity (Wildman–Crippen MR) is 160 cm³/mol. The first-order valence-electron chi connectivity index (χ1n) is 13.4. The van der Waals surface area contributed by atoms with Gasteiger partial charge in [0, 0.05) is 5.56 Å². The van der Waals surface area contributed by atoms with Crippen LogP contribution in [0.2, 0.25) is 0 Å². The number of thiazole rings is 1. The third kappa shape index (κ3) is 4.53. The zero-order chi connectivity index (χ0) is 28.8. The molecule has 1 unspecified atom stereocenters. The quantitative estimate of drug-likeness (QED) is 0.140. The SMILES string of the molecule is Cc1ccc2nc(N3C(=O)C(=O)C(=C(O)c4ccc5c(c4)OCCO5)C3c3cccc(Oc4ccccc4)c3)sc2c1. The number of anilines is 1. The number of fused-ring (bicyclic) bond motifs is 2. The smallest absolute Gasteiger partial charge is 0.301 e. The normalized spacial score (nSPS) is 17.5. The van der Waals surface area contributed by atoms with Gasteiger partial charge in [0.2, 0.25) is 0 Å². The Morgan fingerprint density at radius 3 is 2.52 bits per heavy atom. The van der Waals surface area contributed by atoms with Crippen molar-refractivity contribution in [2.24, 2.45) is 0 Å². The van der Waals surface area contributed by atoms with Crippen molar-refractivity contribution in [1.29, 1.82) is 0 Å². The molecule has 1 amide bonds. The first kappa shape index (κ1) is 25.8. The maximum atomic E-state index is 13.7. The topological polar surface area (TPSA) is 98.2 Å². The molecule has 5 aromatic rings. The molecule has 8 nitrogen and oxygen atoms in total. The molecule has 1 fully saturated rings. The number of ether oxygens (including phenoxy) is 3. The number of hydrogen-bond acceptors (Lipinski definition) is 8. The van der Waals surface area contributed by atoms with Crippen LogP contribution < -0.4 is 19.1 Å². The lowest BCUT2D eigenvalue weighted by atomic mass is 9.95. The number of hydrogen-bond donors (Lipinski definition) is 1. The Labute approximate surface area is 245 Å². The van der Waals surface area contributed by atoms with Gasteiger partial charge in [-0.05, 0) is 72.6 Å². The fraction of sp³-hybridized carbons (Fsp3) is 0.121. The first-order chi connectivity index (χ1) is 20.5. The molecule has 4 aromatic carbocycles. The highest BCUT2D eigenvalue weighted by atomic mass is 32.1. The molecule has 3 heterocycles. The van der Waals surface area contributed by atoms with E-state index in [0.29, 0.717) is 58.0 Å². The number of amides is 1. The Morgan fingerprint density at radius 2 is 1.69 bits per heavy atom. The molecule has 2 aliphatic heterocycles. The minimum atomic E-state index is -0.959. The third-order valence-corrected chi connectivity index (χ3v) is 8.17. The van der Waals surface area contributed by atoms with E-state index in [2.05, 4.69) is 0 Å². The Kier molecular flexibility index (Phi) is 6.36. The number of ketones is 1. The molecule has 1 N–H and O–H groups in total. The lowest BCUT2D eigenvalue weighted by molar-refractivity contribution is -0.132. The van der Waals surface area contributed by atoms with Crippen molar-refractivity contribution in [2.75, 3.05) is 18.1 Å². The average molecular weight is 577 g/mol. The van der Waals surface area contributed by atoms with E-state index in [9.17, 15) is 14.7 Å².